The Labute approximate surface area is 147 Å². The Balaban J connectivity index is 2.01. The molecule has 0 aromatic heterocycles. The molecular weight excluding hydrogens is 314 g/mol. The predicted molar refractivity (Wildman–Crippen MR) is 98.3 cm³/mol. The second-order valence-corrected chi connectivity index (χ2v) is 5.95. The first-order valence-corrected chi connectivity index (χ1v) is 8.06. The van der Waals surface area contributed by atoms with Crippen LogP contribution in [0.5, 0.6) is 0 Å². The number of nitriles is 1. The molecule has 0 unspecified atom stereocenters. The lowest BCUT2D eigenvalue weighted by Crippen LogP contribution is -2.32. The topological polar surface area (TPSA) is 73.2 Å². The number of amides is 2. The van der Waals surface area contributed by atoms with Crippen LogP contribution in [0.25, 0.3) is 0 Å². The Kier molecular flexibility index (Phi) is 5.91. The summed E-state index contributed by atoms with van der Waals surface area (Å²) in [4.78, 5) is 25.6. The lowest BCUT2D eigenvalue weighted by molar-refractivity contribution is -0.117. The van der Waals surface area contributed by atoms with Gasteiger partial charge in [0.05, 0.1) is 11.6 Å². The third kappa shape index (κ3) is 4.92. The predicted octanol–water partition coefficient (Wildman–Crippen LogP) is 3.56. The maximum absolute atomic E-state index is 12.2. The fourth-order valence-corrected chi connectivity index (χ4v) is 2.56. The molecule has 1 N–H and O–H groups in total. The summed E-state index contributed by atoms with van der Waals surface area (Å²) in [5, 5.41) is 11.7. The van der Waals surface area contributed by atoms with E-state index < -0.39 is 0 Å². The van der Waals surface area contributed by atoms with Gasteiger partial charge in [-0.3, -0.25) is 9.59 Å². The van der Waals surface area contributed by atoms with Crippen LogP contribution in [0, 0.1) is 25.2 Å². The Morgan fingerprint density at radius 2 is 1.80 bits per heavy atom. The molecule has 0 radical (unpaired) electrons. The first-order valence-electron chi connectivity index (χ1n) is 8.06. The van der Waals surface area contributed by atoms with Crippen LogP contribution in [0.2, 0.25) is 0 Å². The van der Waals surface area contributed by atoms with Gasteiger partial charge in [0, 0.05) is 31.3 Å². The van der Waals surface area contributed by atoms with Crippen LogP contribution in [0.15, 0.2) is 42.5 Å². The minimum absolute atomic E-state index is 0.146. The third-order valence-electron chi connectivity index (χ3n) is 3.91. The molecule has 2 amide bonds. The van der Waals surface area contributed by atoms with E-state index in [1.54, 1.807) is 24.3 Å². The number of nitrogens with one attached hydrogen (secondary N) is 1. The highest BCUT2D eigenvalue weighted by atomic mass is 16.2. The second-order valence-electron chi connectivity index (χ2n) is 5.95. The van der Waals surface area contributed by atoms with Crippen LogP contribution < -0.4 is 10.2 Å². The standard InChI is InChI=1S/C20H21N3O2/c1-14-4-9-19(15(2)12-14)22-20(25)10-11-23(16(3)24)18-7-5-17(13-21)6-8-18/h4-9,12H,10-11H2,1-3H3,(H,22,25). The molecule has 128 valence electrons. The summed E-state index contributed by atoms with van der Waals surface area (Å²) in [5.41, 5.74) is 4.12. The summed E-state index contributed by atoms with van der Waals surface area (Å²) >= 11 is 0. The normalized spacial score (nSPS) is 10.0. The maximum atomic E-state index is 12.2. The number of carbonyl (C=O) groups excluding carboxylic acids is 2. The minimum atomic E-state index is -0.149. The summed E-state index contributed by atoms with van der Waals surface area (Å²) in [6, 6.07) is 14.6. The van der Waals surface area contributed by atoms with Crippen molar-refractivity contribution in [2.75, 3.05) is 16.8 Å². The molecule has 0 aliphatic rings. The highest BCUT2D eigenvalue weighted by Crippen LogP contribution is 2.18. The number of anilines is 2. The van der Waals surface area contributed by atoms with Gasteiger partial charge in [0.2, 0.25) is 11.8 Å². The van der Waals surface area contributed by atoms with Gasteiger partial charge in [-0.15, -0.1) is 0 Å². The van der Waals surface area contributed by atoms with Crippen molar-refractivity contribution in [3.05, 3.63) is 59.2 Å². The van der Waals surface area contributed by atoms with E-state index in [0.29, 0.717) is 11.3 Å². The van der Waals surface area contributed by atoms with E-state index in [-0.39, 0.29) is 24.8 Å². The number of benzene rings is 2. The average molecular weight is 335 g/mol. The van der Waals surface area contributed by atoms with E-state index in [1.807, 2.05) is 38.1 Å². The fraction of sp³-hybridized carbons (Fsp3) is 0.250. The molecule has 0 saturated carbocycles. The van der Waals surface area contributed by atoms with Crippen LogP contribution >= 0.6 is 0 Å². The van der Waals surface area contributed by atoms with Gasteiger partial charge in [0.1, 0.15) is 0 Å². The summed E-state index contributed by atoms with van der Waals surface area (Å²) < 4.78 is 0. The first-order chi connectivity index (χ1) is 11.9. The van der Waals surface area contributed by atoms with Crippen molar-refractivity contribution in [3.63, 3.8) is 0 Å². The number of nitrogens with zero attached hydrogens (tertiary/aromatic N) is 2. The van der Waals surface area contributed by atoms with Crippen molar-refractivity contribution in [2.45, 2.75) is 27.2 Å². The van der Waals surface area contributed by atoms with Crippen LogP contribution in [0.3, 0.4) is 0 Å². The van der Waals surface area contributed by atoms with Gasteiger partial charge < -0.3 is 10.2 Å². The monoisotopic (exact) mass is 335 g/mol. The Hall–Kier alpha value is -3.13. The average Bonchev–Trinajstić information content (AvgIpc) is 2.58. The van der Waals surface area contributed by atoms with Gasteiger partial charge in [-0.2, -0.15) is 5.26 Å². The zero-order valence-corrected chi connectivity index (χ0v) is 14.7. The van der Waals surface area contributed by atoms with E-state index >= 15 is 0 Å². The number of hydrogen-bond acceptors (Lipinski definition) is 3. The molecule has 0 atom stereocenters. The molecule has 5 heteroatoms. The molecule has 25 heavy (non-hydrogen) atoms. The number of rotatable bonds is 5. The second kappa shape index (κ2) is 8.11. The van der Waals surface area contributed by atoms with Gasteiger partial charge in [-0.05, 0) is 49.7 Å². The quantitative estimate of drug-likeness (QED) is 0.908. The first kappa shape index (κ1) is 18.2. The minimum Gasteiger partial charge on any atom is -0.326 e. The SMILES string of the molecule is CC(=O)N(CCC(=O)Nc1ccc(C)cc1C)c1ccc(C#N)cc1. The Bertz CT molecular complexity index is 820. The summed E-state index contributed by atoms with van der Waals surface area (Å²) in [6.45, 7) is 5.68. The molecule has 0 saturated heterocycles. The number of aryl methyl sites for hydroxylation is 2. The molecule has 0 aliphatic carbocycles. The van der Waals surface area contributed by atoms with Crippen molar-refractivity contribution < 1.29 is 9.59 Å². The van der Waals surface area contributed by atoms with E-state index in [4.69, 9.17) is 5.26 Å². The molecule has 0 aliphatic heterocycles. The van der Waals surface area contributed by atoms with Crippen molar-refractivity contribution >= 4 is 23.2 Å². The van der Waals surface area contributed by atoms with E-state index in [9.17, 15) is 9.59 Å². The van der Waals surface area contributed by atoms with Gasteiger partial charge >= 0.3 is 0 Å². The van der Waals surface area contributed by atoms with Crippen LogP contribution in [-0.4, -0.2) is 18.4 Å². The lowest BCUT2D eigenvalue weighted by atomic mass is 10.1. The Morgan fingerprint density at radius 1 is 1.12 bits per heavy atom. The molecule has 0 spiro atoms. The highest BCUT2D eigenvalue weighted by molar-refractivity contribution is 5.95. The van der Waals surface area contributed by atoms with Crippen LogP contribution in [-0.2, 0) is 9.59 Å². The van der Waals surface area contributed by atoms with Crippen molar-refractivity contribution in [3.8, 4) is 6.07 Å². The Morgan fingerprint density at radius 3 is 2.36 bits per heavy atom. The smallest absolute Gasteiger partial charge is 0.226 e. The molecule has 0 bridgehead atoms. The zero-order valence-electron chi connectivity index (χ0n) is 14.7. The van der Waals surface area contributed by atoms with Crippen LogP contribution in [0.1, 0.15) is 30.0 Å². The summed E-state index contributed by atoms with van der Waals surface area (Å²) in [6.07, 6.45) is 0.187. The van der Waals surface area contributed by atoms with E-state index in [2.05, 4.69) is 5.32 Å². The summed E-state index contributed by atoms with van der Waals surface area (Å²) in [7, 11) is 0. The molecular formula is C20H21N3O2. The molecule has 2 aromatic rings. The molecule has 2 aromatic carbocycles. The number of hydrogen-bond donors (Lipinski definition) is 1. The number of carbonyl (C=O) groups is 2. The molecule has 0 heterocycles. The van der Waals surface area contributed by atoms with E-state index in [0.717, 1.165) is 16.8 Å². The van der Waals surface area contributed by atoms with E-state index in [1.165, 1.54) is 11.8 Å². The van der Waals surface area contributed by atoms with Gasteiger partial charge in [-0.1, -0.05) is 17.7 Å². The molecule has 2 rings (SSSR count). The summed E-state index contributed by atoms with van der Waals surface area (Å²) in [5.74, 6) is -0.295. The van der Waals surface area contributed by atoms with Crippen molar-refractivity contribution in [1.82, 2.24) is 0 Å². The van der Waals surface area contributed by atoms with Gasteiger partial charge in [0.15, 0.2) is 0 Å². The highest BCUT2D eigenvalue weighted by Gasteiger charge is 2.14. The molecule has 5 nitrogen and oxygen atoms in total. The fourth-order valence-electron chi connectivity index (χ4n) is 2.56. The largest absolute Gasteiger partial charge is 0.326 e. The van der Waals surface area contributed by atoms with Crippen molar-refractivity contribution in [2.24, 2.45) is 0 Å². The zero-order chi connectivity index (χ0) is 18.4. The maximum Gasteiger partial charge on any atom is 0.226 e. The van der Waals surface area contributed by atoms with Crippen LogP contribution in [0.4, 0.5) is 11.4 Å². The van der Waals surface area contributed by atoms with Crippen molar-refractivity contribution in [1.29, 1.82) is 5.26 Å². The lowest BCUT2D eigenvalue weighted by Gasteiger charge is -2.21. The van der Waals surface area contributed by atoms with Gasteiger partial charge in [-0.25, -0.2) is 0 Å². The third-order valence-corrected chi connectivity index (χ3v) is 3.91. The molecule has 0 fully saturated rings. The van der Waals surface area contributed by atoms with Gasteiger partial charge in [0.25, 0.3) is 0 Å².